The molecule has 3 aromatic rings. The minimum atomic E-state index is -0.408. The van der Waals surface area contributed by atoms with E-state index in [2.05, 4.69) is 53.1 Å². The third kappa shape index (κ3) is 8.49. The van der Waals surface area contributed by atoms with Gasteiger partial charge >= 0.3 is 5.97 Å². The number of amides is 1. The van der Waals surface area contributed by atoms with Crippen LogP contribution in [0.15, 0.2) is 30.3 Å². The number of carbonyl (C=O) groups is 2. The van der Waals surface area contributed by atoms with Gasteiger partial charge in [0.05, 0.1) is 24.1 Å². The highest BCUT2D eigenvalue weighted by atomic mass is 32.1. The Kier molecular flexibility index (Phi) is 11.1. The number of nitrogens with zero attached hydrogens (tertiary/aromatic N) is 5. The van der Waals surface area contributed by atoms with E-state index in [1.807, 2.05) is 18.2 Å². The number of esters is 1. The Hall–Kier alpha value is -3.61. The number of aromatic nitrogens is 3. The molecule has 1 aliphatic rings. The molecule has 0 radical (unpaired) electrons. The number of nitrogens with one attached hydrogen (secondary N) is 2. The lowest BCUT2D eigenvalue weighted by Crippen LogP contribution is -2.42. The Morgan fingerprint density at radius 3 is 2.40 bits per heavy atom. The van der Waals surface area contributed by atoms with Crippen molar-refractivity contribution in [3.05, 3.63) is 46.5 Å². The van der Waals surface area contributed by atoms with E-state index < -0.39 is 5.97 Å². The van der Waals surface area contributed by atoms with Crippen LogP contribution in [0.2, 0.25) is 0 Å². The second-order valence-electron chi connectivity index (χ2n) is 11.2. The van der Waals surface area contributed by atoms with Crippen LogP contribution in [-0.2, 0) is 4.74 Å². The largest absolute Gasteiger partial charge is 0.462 e. The molecule has 0 aliphatic carbocycles. The SMILES string of the molecule is CCOC(=O)c1sc(Nc2nc(-c3ccc(C(=O)NCCN(C(C)C)C(C)C)cc3)cc(N3CCC(O)CC3)n2)nc1C. The van der Waals surface area contributed by atoms with Gasteiger partial charge in [-0.05, 0) is 66.5 Å². The highest BCUT2D eigenvalue weighted by Gasteiger charge is 2.22. The summed E-state index contributed by atoms with van der Waals surface area (Å²) in [4.78, 5) is 44.0. The summed E-state index contributed by atoms with van der Waals surface area (Å²) in [6.07, 6.45) is 1.01. The molecule has 1 aromatic carbocycles. The molecule has 232 valence electrons. The molecule has 11 nitrogen and oxygen atoms in total. The van der Waals surface area contributed by atoms with Crippen LogP contribution in [0.5, 0.6) is 0 Å². The monoisotopic (exact) mass is 609 g/mol. The molecule has 0 saturated carbocycles. The third-order valence-corrected chi connectivity index (χ3v) is 8.46. The summed E-state index contributed by atoms with van der Waals surface area (Å²) in [6.45, 7) is 15.1. The smallest absolute Gasteiger partial charge is 0.350 e. The van der Waals surface area contributed by atoms with Crippen molar-refractivity contribution in [3.63, 3.8) is 0 Å². The maximum absolute atomic E-state index is 12.8. The molecular formula is C31H43N7O4S. The number of anilines is 3. The molecule has 12 heteroatoms. The quantitative estimate of drug-likeness (QED) is 0.250. The van der Waals surface area contributed by atoms with Gasteiger partial charge in [0.2, 0.25) is 5.95 Å². The van der Waals surface area contributed by atoms with Crippen molar-refractivity contribution >= 4 is 40.1 Å². The van der Waals surface area contributed by atoms with Crippen LogP contribution in [0.4, 0.5) is 16.9 Å². The summed E-state index contributed by atoms with van der Waals surface area (Å²) in [7, 11) is 0. The predicted molar refractivity (Wildman–Crippen MR) is 170 cm³/mol. The number of aliphatic hydroxyl groups excluding tert-OH is 1. The molecule has 1 fully saturated rings. The van der Waals surface area contributed by atoms with Gasteiger partial charge < -0.3 is 20.1 Å². The fourth-order valence-corrected chi connectivity index (χ4v) is 5.99. The van der Waals surface area contributed by atoms with Crippen molar-refractivity contribution in [1.29, 1.82) is 0 Å². The van der Waals surface area contributed by atoms with Crippen molar-refractivity contribution in [2.24, 2.45) is 0 Å². The second kappa shape index (κ2) is 14.7. The zero-order valence-electron chi connectivity index (χ0n) is 25.9. The normalized spacial score (nSPS) is 14.0. The topological polar surface area (TPSA) is 133 Å². The van der Waals surface area contributed by atoms with Crippen LogP contribution in [0.1, 0.15) is 73.2 Å². The minimum Gasteiger partial charge on any atom is -0.462 e. The van der Waals surface area contributed by atoms with E-state index in [9.17, 15) is 14.7 Å². The van der Waals surface area contributed by atoms with Gasteiger partial charge in [0, 0.05) is 55.5 Å². The summed E-state index contributed by atoms with van der Waals surface area (Å²) >= 11 is 1.19. The Morgan fingerprint density at radius 2 is 1.77 bits per heavy atom. The number of carbonyl (C=O) groups excluding carboxylic acids is 2. The minimum absolute atomic E-state index is 0.117. The average molecular weight is 610 g/mol. The lowest BCUT2D eigenvalue weighted by Gasteiger charge is -2.30. The number of hydrogen-bond donors (Lipinski definition) is 3. The summed E-state index contributed by atoms with van der Waals surface area (Å²) < 4.78 is 5.15. The molecule has 1 amide bonds. The zero-order valence-corrected chi connectivity index (χ0v) is 26.7. The number of aryl methyl sites for hydroxylation is 1. The van der Waals surface area contributed by atoms with Crippen LogP contribution in [-0.4, -0.2) is 87.8 Å². The molecule has 3 heterocycles. The molecule has 4 rings (SSSR count). The second-order valence-corrected chi connectivity index (χ2v) is 12.2. The van der Waals surface area contributed by atoms with Crippen molar-refractivity contribution in [1.82, 2.24) is 25.2 Å². The van der Waals surface area contributed by atoms with Crippen LogP contribution in [0, 0.1) is 6.92 Å². The molecule has 0 unspecified atom stereocenters. The number of rotatable bonds is 12. The maximum atomic E-state index is 12.8. The fraction of sp³-hybridized carbons (Fsp3) is 0.516. The number of thiazole rings is 1. The van der Waals surface area contributed by atoms with Gasteiger partial charge in [-0.25, -0.2) is 14.8 Å². The maximum Gasteiger partial charge on any atom is 0.350 e. The van der Waals surface area contributed by atoms with E-state index in [-0.39, 0.29) is 18.6 Å². The van der Waals surface area contributed by atoms with E-state index >= 15 is 0 Å². The summed E-state index contributed by atoms with van der Waals surface area (Å²) in [5, 5.41) is 16.7. The molecule has 3 N–H and O–H groups in total. The molecule has 0 bridgehead atoms. The zero-order chi connectivity index (χ0) is 31.1. The highest BCUT2D eigenvalue weighted by molar-refractivity contribution is 7.17. The van der Waals surface area contributed by atoms with E-state index in [1.165, 1.54) is 11.3 Å². The van der Waals surface area contributed by atoms with E-state index in [1.54, 1.807) is 26.0 Å². The van der Waals surface area contributed by atoms with Crippen LogP contribution >= 0.6 is 11.3 Å². The van der Waals surface area contributed by atoms with E-state index in [0.717, 1.165) is 17.9 Å². The lowest BCUT2D eigenvalue weighted by atomic mass is 10.1. The van der Waals surface area contributed by atoms with E-state index in [4.69, 9.17) is 14.7 Å². The summed E-state index contributed by atoms with van der Waals surface area (Å²) in [6, 6.07) is 10.1. The van der Waals surface area contributed by atoms with Crippen molar-refractivity contribution < 1.29 is 19.4 Å². The Bertz CT molecular complexity index is 1380. The van der Waals surface area contributed by atoms with Crippen LogP contribution in [0.3, 0.4) is 0 Å². The first-order chi connectivity index (χ1) is 20.5. The Balaban J connectivity index is 1.54. The van der Waals surface area contributed by atoms with Crippen LogP contribution in [0.25, 0.3) is 11.3 Å². The molecule has 0 spiro atoms. The van der Waals surface area contributed by atoms with Gasteiger partial charge in [0.25, 0.3) is 5.91 Å². The molecule has 0 atom stereocenters. The van der Waals surface area contributed by atoms with Gasteiger partial charge in [-0.3, -0.25) is 15.0 Å². The molecule has 1 aliphatic heterocycles. The lowest BCUT2D eigenvalue weighted by molar-refractivity contribution is 0.0530. The average Bonchev–Trinajstić information content (AvgIpc) is 3.34. The molecular weight excluding hydrogens is 566 g/mol. The van der Waals surface area contributed by atoms with Gasteiger partial charge in [0.15, 0.2) is 5.13 Å². The molecule has 1 saturated heterocycles. The Labute approximate surface area is 257 Å². The number of hydrogen-bond acceptors (Lipinski definition) is 11. The van der Waals surface area contributed by atoms with Gasteiger partial charge in [-0.2, -0.15) is 4.98 Å². The number of piperidine rings is 1. The first-order valence-corrected chi connectivity index (χ1v) is 15.7. The standard InChI is InChI=1S/C31H43N7O4S/c1-7-42-29(41)27-21(6)33-31(43-27)36-30-34-25(18-26(35-30)37-15-12-24(39)13-16-37)22-8-10-23(11-9-22)28(40)32-14-17-38(19(2)3)20(4)5/h8-11,18-20,24,39H,7,12-17H2,1-6H3,(H,32,40)(H,33,34,35,36). The summed E-state index contributed by atoms with van der Waals surface area (Å²) in [5.41, 5.74) is 2.65. The van der Waals surface area contributed by atoms with Crippen molar-refractivity contribution in [2.75, 3.05) is 43.0 Å². The summed E-state index contributed by atoms with van der Waals surface area (Å²) in [5.74, 6) is 0.534. The Morgan fingerprint density at radius 1 is 1.09 bits per heavy atom. The fourth-order valence-electron chi connectivity index (χ4n) is 5.13. The molecule has 43 heavy (non-hydrogen) atoms. The van der Waals surface area contributed by atoms with Crippen LogP contribution < -0.4 is 15.5 Å². The van der Waals surface area contributed by atoms with Crippen molar-refractivity contribution in [3.8, 4) is 11.3 Å². The predicted octanol–water partition coefficient (Wildman–Crippen LogP) is 4.64. The molecule has 2 aromatic heterocycles. The van der Waals surface area contributed by atoms with E-state index in [0.29, 0.717) is 77.5 Å². The number of aliphatic hydroxyl groups is 1. The van der Waals surface area contributed by atoms with Gasteiger partial charge in [0.1, 0.15) is 10.7 Å². The van der Waals surface area contributed by atoms with Gasteiger partial charge in [-0.15, -0.1) is 0 Å². The third-order valence-electron chi connectivity index (χ3n) is 7.40. The number of benzene rings is 1. The number of ether oxygens (including phenoxy) is 1. The highest BCUT2D eigenvalue weighted by Crippen LogP contribution is 2.29. The first-order valence-electron chi connectivity index (χ1n) is 14.9. The first kappa shape index (κ1) is 32.3. The van der Waals surface area contributed by atoms with Gasteiger partial charge in [-0.1, -0.05) is 23.5 Å². The van der Waals surface area contributed by atoms with Crippen molar-refractivity contribution in [2.45, 2.75) is 72.6 Å².